The van der Waals surface area contributed by atoms with Crippen LogP contribution in [-0.4, -0.2) is 12.6 Å². The normalized spacial score (nSPS) is 27.2. The molecule has 46 valence electrons. The van der Waals surface area contributed by atoms with E-state index >= 15 is 0 Å². The van der Waals surface area contributed by atoms with Crippen LogP contribution in [0.25, 0.3) is 0 Å². The Morgan fingerprint density at radius 2 is 2.62 bits per heavy atom. The molecule has 0 amide bonds. The van der Waals surface area contributed by atoms with Gasteiger partial charge in [-0.3, -0.25) is 0 Å². The monoisotopic (exact) mass is 113 g/mol. The highest BCUT2D eigenvalue weighted by Crippen LogP contribution is 1.95. The van der Waals surface area contributed by atoms with Crippen molar-refractivity contribution in [1.29, 1.82) is 0 Å². The summed E-state index contributed by atoms with van der Waals surface area (Å²) in [5.41, 5.74) is 12.3. The van der Waals surface area contributed by atoms with E-state index < -0.39 is 0 Å². The van der Waals surface area contributed by atoms with E-state index in [0.717, 1.165) is 5.70 Å². The van der Waals surface area contributed by atoms with E-state index in [1.54, 1.807) is 0 Å². The molecular weight excluding hydrogens is 102 g/mol. The van der Waals surface area contributed by atoms with Crippen molar-refractivity contribution in [3.63, 3.8) is 0 Å². The van der Waals surface area contributed by atoms with E-state index in [4.69, 9.17) is 5.73 Å². The van der Waals surface area contributed by atoms with E-state index in [-0.39, 0.29) is 0 Å². The summed E-state index contributed by atoms with van der Waals surface area (Å²) in [6.07, 6.45) is 2.07. The summed E-state index contributed by atoms with van der Waals surface area (Å²) in [5.74, 6) is 0. The standard InChI is InChI=1S/C5H11N3/c1-4-2-5(3-6)8-7-4/h2,4,7-8H,3,6H2,1H3. The Kier molecular flexibility index (Phi) is 1.50. The molecule has 0 aromatic heterocycles. The first-order chi connectivity index (χ1) is 3.83. The van der Waals surface area contributed by atoms with E-state index in [9.17, 15) is 0 Å². The van der Waals surface area contributed by atoms with Gasteiger partial charge in [0.15, 0.2) is 0 Å². The lowest BCUT2D eigenvalue weighted by atomic mass is 10.3. The van der Waals surface area contributed by atoms with Crippen molar-refractivity contribution in [2.24, 2.45) is 5.73 Å². The Hall–Kier alpha value is -0.540. The summed E-state index contributed by atoms with van der Waals surface area (Å²) >= 11 is 0. The lowest BCUT2D eigenvalue weighted by Crippen LogP contribution is -2.31. The second-order valence-electron chi connectivity index (χ2n) is 1.95. The summed E-state index contributed by atoms with van der Waals surface area (Å²) in [5, 5.41) is 0. The molecule has 1 unspecified atom stereocenters. The summed E-state index contributed by atoms with van der Waals surface area (Å²) in [6.45, 7) is 2.66. The number of hydrazine groups is 1. The van der Waals surface area contributed by atoms with Crippen molar-refractivity contribution >= 4 is 0 Å². The zero-order valence-corrected chi connectivity index (χ0v) is 4.94. The van der Waals surface area contributed by atoms with Crippen LogP contribution in [0.5, 0.6) is 0 Å². The molecule has 0 fully saturated rings. The highest BCUT2D eigenvalue weighted by Gasteiger charge is 2.05. The van der Waals surface area contributed by atoms with Crippen molar-refractivity contribution in [2.75, 3.05) is 6.54 Å². The molecule has 8 heavy (non-hydrogen) atoms. The summed E-state index contributed by atoms with van der Waals surface area (Å²) in [6, 6.07) is 0.425. The molecular formula is C5H11N3. The van der Waals surface area contributed by atoms with Crippen LogP contribution < -0.4 is 16.6 Å². The van der Waals surface area contributed by atoms with Crippen LogP contribution in [0.3, 0.4) is 0 Å². The van der Waals surface area contributed by atoms with E-state index in [2.05, 4.69) is 23.9 Å². The molecule has 1 rings (SSSR count). The van der Waals surface area contributed by atoms with Gasteiger partial charge in [-0.05, 0) is 13.0 Å². The van der Waals surface area contributed by atoms with Crippen LogP contribution in [0.1, 0.15) is 6.92 Å². The molecule has 0 aromatic carbocycles. The number of hydrogen-bond acceptors (Lipinski definition) is 3. The molecule has 3 nitrogen and oxygen atoms in total. The van der Waals surface area contributed by atoms with E-state index in [1.807, 2.05) is 0 Å². The predicted octanol–water partition coefficient (Wildman–Crippen LogP) is -0.675. The Morgan fingerprint density at radius 1 is 1.88 bits per heavy atom. The fraction of sp³-hybridized carbons (Fsp3) is 0.600. The van der Waals surface area contributed by atoms with E-state index in [1.165, 1.54) is 0 Å². The summed E-state index contributed by atoms with van der Waals surface area (Å²) in [7, 11) is 0. The van der Waals surface area contributed by atoms with Crippen LogP contribution >= 0.6 is 0 Å². The largest absolute Gasteiger partial charge is 0.325 e. The average Bonchev–Trinajstić information content (AvgIpc) is 2.14. The maximum Gasteiger partial charge on any atom is 0.0432 e. The Morgan fingerprint density at radius 3 is 2.88 bits per heavy atom. The van der Waals surface area contributed by atoms with Gasteiger partial charge in [0.2, 0.25) is 0 Å². The lowest BCUT2D eigenvalue weighted by Gasteiger charge is -1.99. The van der Waals surface area contributed by atoms with Gasteiger partial charge < -0.3 is 11.2 Å². The van der Waals surface area contributed by atoms with Gasteiger partial charge in [0.25, 0.3) is 0 Å². The minimum absolute atomic E-state index is 0.425. The Labute approximate surface area is 48.9 Å². The lowest BCUT2D eigenvalue weighted by molar-refractivity contribution is 0.603. The van der Waals surface area contributed by atoms with Gasteiger partial charge in [0.05, 0.1) is 0 Å². The zero-order valence-electron chi connectivity index (χ0n) is 4.94. The first-order valence-electron chi connectivity index (χ1n) is 2.75. The van der Waals surface area contributed by atoms with E-state index in [0.29, 0.717) is 12.6 Å². The molecule has 0 spiro atoms. The predicted molar refractivity (Wildman–Crippen MR) is 32.9 cm³/mol. The molecule has 0 aliphatic carbocycles. The third kappa shape index (κ3) is 0.993. The topological polar surface area (TPSA) is 50.1 Å². The first-order valence-corrected chi connectivity index (χ1v) is 2.75. The van der Waals surface area contributed by atoms with Gasteiger partial charge in [-0.25, -0.2) is 5.43 Å². The third-order valence-corrected chi connectivity index (χ3v) is 1.13. The molecule has 1 aliphatic rings. The van der Waals surface area contributed by atoms with Gasteiger partial charge in [0, 0.05) is 18.3 Å². The highest BCUT2D eigenvalue weighted by molar-refractivity contribution is 5.09. The van der Waals surface area contributed by atoms with Gasteiger partial charge in [-0.15, -0.1) is 0 Å². The second-order valence-corrected chi connectivity index (χ2v) is 1.95. The van der Waals surface area contributed by atoms with Crippen molar-refractivity contribution in [1.82, 2.24) is 10.9 Å². The van der Waals surface area contributed by atoms with Gasteiger partial charge in [0.1, 0.15) is 0 Å². The molecule has 3 heteroatoms. The molecule has 4 N–H and O–H groups in total. The van der Waals surface area contributed by atoms with Crippen LogP contribution in [0.2, 0.25) is 0 Å². The first kappa shape index (κ1) is 5.59. The Balaban J connectivity index is 2.44. The van der Waals surface area contributed by atoms with Crippen LogP contribution in [0.4, 0.5) is 0 Å². The molecule has 0 saturated carbocycles. The minimum atomic E-state index is 0.425. The van der Waals surface area contributed by atoms with Gasteiger partial charge in [-0.1, -0.05) is 0 Å². The maximum atomic E-state index is 5.33. The minimum Gasteiger partial charge on any atom is -0.325 e. The number of hydrogen-bond donors (Lipinski definition) is 3. The fourth-order valence-electron chi connectivity index (χ4n) is 0.711. The van der Waals surface area contributed by atoms with Crippen molar-refractivity contribution in [2.45, 2.75) is 13.0 Å². The molecule has 0 saturated heterocycles. The average molecular weight is 113 g/mol. The quantitative estimate of drug-likeness (QED) is 0.422. The zero-order chi connectivity index (χ0) is 5.98. The summed E-state index contributed by atoms with van der Waals surface area (Å²) < 4.78 is 0. The molecule has 1 aliphatic heterocycles. The van der Waals surface area contributed by atoms with Crippen molar-refractivity contribution in [3.8, 4) is 0 Å². The molecule has 0 radical (unpaired) electrons. The maximum absolute atomic E-state index is 5.33. The third-order valence-electron chi connectivity index (χ3n) is 1.13. The number of nitrogens with two attached hydrogens (primary N) is 1. The Bertz CT molecular complexity index is 108. The van der Waals surface area contributed by atoms with Gasteiger partial charge in [-0.2, -0.15) is 0 Å². The highest BCUT2D eigenvalue weighted by atomic mass is 15.4. The molecule has 1 atom stereocenters. The summed E-state index contributed by atoms with van der Waals surface area (Å²) in [4.78, 5) is 0. The number of nitrogens with one attached hydrogen (secondary N) is 2. The van der Waals surface area contributed by atoms with Crippen LogP contribution in [0, 0.1) is 0 Å². The SMILES string of the molecule is CC1C=C(CN)NN1. The fourth-order valence-corrected chi connectivity index (χ4v) is 0.711. The van der Waals surface area contributed by atoms with Gasteiger partial charge >= 0.3 is 0 Å². The number of rotatable bonds is 1. The van der Waals surface area contributed by atoms with Crippen LogP contribution in [-0.2, 0) is 0 Å². The smallest absolute Gasteiger partial charge is 0.0432 e. The van der Waals surface area contributed by atoms with Crippen LogP contribution in [0.15, 0.2) is 11.8 Å². The van der Waals surface area contributed by atoms with Crippen molar-refractivity contribution in [3.05, 3.63) is 11.8 Å². The molecule has 0 aromatic rings. The second kappa shape index (κ2) is 2.15. The van der Waals surface area contributed by atoms with Crippen molar-refractivity contribution < 1.29 is 0 Å². The molecule has 0 bridgehead atoms. The molecule has 1 heterocycles.